The number of aryl methyl sites for hydroxylation is 1. The summed E-state index contributed by atoms with van der Waals surface area (Å²) in [5.74, 6) is 1.08. The number of rotatable bonds is 0. The van der Waals surface area contributed by atoms with Crippen molar-refractivity contribution < 1.29 is 4.74 Å². The molecule has 88 valence electrons. The Balaban J connectivity index is 0.000000963. The Hall–Kier alpha value is -0.250. The second-order valence-electron chi connectivity index (χ2n) is 4.46. The molecule has 1 N–H and O–H groups in total. The van der Waals surface area contributed by atoms with Gasteiger partial charge in [-0.15, -0.1) is 12.4 Å². The Bertz CT molecular complexity index is 391. The summed E-state index contributed by atoms with van der Waals surface area (Å²) in [5, 5.41) is 3.39. The van der Waals surface area contributed by atoms with E-state index in [1.54, 1.807) is 0 Å². The smallest absolute Gasteiger partial charge is 0.123 e. The Morgan fingerprint density at radius 1 is 1.31 bits per heavy atom. The lowest BCUT2D eigenvalue weighted by Gasteiger charge is -2.35. The van der Waals surface area contributed by atoms with E-state index in [4.69, 9.17) is 4.74 Å². The molecular weight excluding hydrogens is 289 g/mol. The van der Waals surface area contributed by atoms with Crippen LogP contribution in [0.2, 0.25) is 0 Å². The highest BCUT2D eigenvalue weighted by atomic mass is 79.9. The molecule has 2 nitrogen and oxygen atoms in total. The number of hydrogen-bond donors (Lipinski definition) is 1. The van der Waals surface area contributed by atoms with Gasteiger partial charge in [-0.3, -0.25) is 0 Å². The third kappa shape index (κ3) is 2.08. The fourth-order valence-corrected chi connectivity index (χ4v) is 2.92. The van der Waals surface area contributed by atoms with Crippen LogP contribution in [0.4, 0.5) is 0 Å². The Morgan fingerprint density at radius 3 is 2.94 bits per heavy atom. The van der Waals surface area contributed by atoms with E-state index in [1.165, 1.54) is 5.56 Å². The van der Waals surface area contributed by atoms with Crippen LogP contribution in [0.3, 0.4) is 0 Å². The van der Waals surface area contributed by atoms with Gasteiger partial charge in [-0.25, -0.2) is 0 Å². The van der Waals surface area contributed by atoms with E-state index in [9.17, 15) is 0 Å². The molecule has 16 heavy (non-hydrogen) atoms. The maximum atomic E-state index is 6.15. The van der Waals surface area contributed by atoms with Crippen molar-refractivity contribution in [3.63, 3.8) is 0 Å². The molecule has 1 atom stereocenters. The van der Waals surface area contributed by atoms with Gasteiger partial charge in [0.25, 0.3) is 0 Å². The van der Waals surface area contributed by atoms with Crippen LogP contribution in [-0.4, -0.2) is 18.7 Å². The predicted octanol–water partition coefficient (Wildman–Crippen LogP) is 2.93. The van der Waals surface area contributed by atoms with Crippen molar-refractivity contribution in [3.05, 3.63) is 28.2 Å². The molecule has 2 heterocycles. The summed E-state index contributed by atoms with van der Waals surface area (Å²) in [5.41, 5.74) is 1.42. The molecule has 0 aliphatic carbocycles. The first-order chi connectivity index (χ1) is 7.27. The Morgan fingerprint density at radius 2 is 2.19 bits per heavy atom. The zero-order valence-corrected chi connectivity index (χ0v) is 11.4. The highest BCUT2D eigenvalue weighted by Crippen LogP contribution is 2.37. The zero-order valence-electron chi connectivity index (χ0n) is 8.96. The van der Waals surface area contributed by atoms with Crippen molar-refractivity contribution in [2.75, 3.05) is 13.1 Å². The van der Waals surface area contributed by atoms with Crippen LogP contribution in [0.1, 0.15) is 18.4 Å². The first kappa shape index (κ1) is 12.2. The van der Waals surface area contributed by atoms with E-state index in [2.05, 4.69) is 39.4 Å². The van der Waals surface area contributed by atoms with Gasteiger partial charge in [-0.05, 0) is 43.1 Å². The molecular formula is C12H15BrClNO. The lowest BCUT2D eigenvalue weighted by atomic mass is 9.90. The Labute approximate surface area is 110 Å². The number of halogens is 2. The predicted molar refractivity (Wildman–Crippen MR) is 70.6 cm³/mol. The number of benzene rings is 1. The van der Waals surface area contributed by atoms with Gasteiger partial charge in [0.1, 0.15) is 11.4 Å². The van der Waals surface area contributed by atoms with Crippen molar-refractivity contribution >= 4 is 28.3 Å². The van der Waals surface area contributed by atoms with E-state index in [0.717, 1.165) is 42.6 Å². The van der Waals surface area contributed by atoms with Gasteiger partial charge in [0.2, 0.25) is 0 Å². The quantitative estimate of drug-likeness (QED) is 0.796. The molecule has 1 aromatic carbocycles. The molecule has 0 radical (unpaired) electrons. The summed E-state index contributed by atoms with van der Waals surface area (Å²) < 4.78 is 7.30. The lowest BCUT2D eigenvalue weighted by molar-refractivity contribution is 0.0664. The van der Waals surface area contributed by atoms with E-state index in [1.807, 2.05) is 0 Å². The minimum Gasteiger partial charge on any atom is -0.486 e. The molecule has 2 aliphatic rings. The summed E-state index contributed by atoms with van der Waals surface area (Å²) >= 11 is 3.50. The number of ether oxygens (including phenoxy) is 1. The second-order valence-corrected chi connectivity index (χ2v) is 5.38. The first-order valence-electron chi connectivity index (χ1n) is 5.46. The summed E-state index contributed by atoms with van der Waals surface area (Å²) in [6.07, 6.45) is 3.42. The summed E-state index contributed by atoms with van der Waals surface area (Å²) in [4.78, 5) is 0. The molecule has 3 rings (SSSR count). The maximum Gasteiger partial charge on any atom is 0.123 e. The largest absolute Gasteiger partial charge is 0.486 e. The summed E-state index contributed by atoms with van der Waals surface area (Å²) in [6, 6.07) is 6.31. The number of nitrogens with one attached hydrogen (secondary N) is 1. The highest BCUT2D eigenvalue weighted by Gasteiger charge is 2.38. The van der Waals surface area contributed by atoms with Crippen molar-refractivity contribution in [1.29, 1.82) is 0 Å². The fourth-order valence-electron chi connectivity index (χ4n) is 2.51. The molecule has 2 aliphatic heterocycles. The minimum absolute atomic E-state index is 0. The summed E-state index contributed by atoms with van der Waals surface area (Å²) in [7, 11) is 0. The van der Waals surface area contributed by atoms with E-state index in [0.29, 0.717) is 0 Å². The monoisotopic (exact) mass is 303 g/mol. The van der Waals surface area contributed by atoms with Gasteiger partial charge in [0, 0.05) is 17.4 Å². The lowest BCUT2D eigenvalue weighted by Crippen LogP contribution is -2.41. The van der Waals surface area contributed by atoms with Gasteiger partial charge >= 0.3 is 0 Å². The molecule has 1 saturated heterocycles. The summed E-state index contributed by atoms with van der Waals surface area (Å²) in [6.45, 7) is 2.09. The third-order valence-corrected chi connectivity index (χ3v) is 3.90. The van der Waals surface area contributed by atoms with Crippen LogP contribution in [0.5, 0.6) is 5.75 Å². The number of hydrogen-bond acceptors (Lipinski definition) is 2. The van der Waals surface area contributed by atoms with Crippen LogP contribution in [0.15, 0.2) is 22.7 Å². The molecule has 0 saturated carbocycles. The SMILES string of the molecule is Brc1ccc2c(c1)CCC1(CCNC1)O2.Cl. The first-order valence-corrected chi connectivity index (χ1v) is 6.25. The average Bonchev–Trinajstić information content (AvgIpc) is 2.67. The van der Waals surface area contributed by atoms with Crippen molar-refractivity contribution in [3.8, 4) is 5.75 Å². The van der Waals surface area contributed by atoms with Crippen molar-refractivity contribution in [2.45, 2.75) is 24.9 Å². The molecule has 1 unspecified atom stereocenters. The second kappa shape index (κ2) is 4.55. The molecule has 1 aromatic rings. The number of fused-ring (bicyclic) bond motifs is 1. The maximum absolute atomic E-state index is 6.15. The van der Waals surface area contributed by atoms with Crippen LogP contribution < -0.4 is 10.1 Å². The van der Waals surface area contributed by atoms with Gasteiger partial charge in [0.15, 0.2) is 0 Å². The topological polar surface area (TPSA) is 21.3 Å². The molecule has 4 heteroatoms. The molecule has 1 fully saturated rings. The molecule has 0 bridgehead atoms. The van der Waals surface area contributed by atoms with Crippen LogP contribution >= 0.6 is 28.3 Å². The van der Waals surface area contributed by atoms with Crippen molar-refractivity contribution in [2.24, 2.45) is 0 Å². The van der Waals surface area contributed by atoms with Crippen molar-refractivity contribution in [1.82, 2.24) is 5.32 Å². The normalized spacial score (nSPS) is 27.1. The minimum atomic E-state index is 0. The van der Waals surface area contributed by atoms with Gasteiger partial charge in [-0.1, -0.05) is 15.9 Å². The van der Waals surface area contributed by atoms with Crippen LogP contribution in [0.25, 0.3) is 0 Å². The Kier molecular flexibility index (Phi) is 3.48. The van der Waals surface area contributed by atoms with E-state index >= 15 is 0 Å². The average molecular weight is 305 g/mol. The van der Waals surface area contributed by atoms with Gasteiger partial charge in [-0.2, -0.15) is 0 Å². The molecule has 1 spiro atoms. The fraction of sp³-hybridized carbons (Fsp3) is 0.500. The van der Waals surface area contributed by atoms with E-state index in [-0.39, 0.29) is 18.0 Å². The zero-order chi connectivity index (χ0) is 10.3. The van der Waals surface area contributed by atoms with E-state index < -0.39 is 0 Å². The van der Waals surface area contributed by atoms with Gasteiger partial charge in [0.05, 0.1) is 0 Å². The highest BCUT2D eigenvalue weighted by molar-refractivity contribution is 9.10. The van der Waals surface area contributed by atoms with Gasteiger partial charge < -0.3 is 10.1 Å². The molecule has 0 aromatic heterocycles. The third-order valence-electron chi connectivity index (χ3n) is 3.40. The van der Waals surface area contributed by atoms with Crippen LogP contribution in [-0.2, 0) is 6.42 Å². The molecule has 0 amide bonds. The van der Waals surface area contributed by atoms with Crippen LogP contribution in [0, 0.1) is 0 Å². The standard InChI is InChI=1S/C12H14BrNO.ClH/c13-10-1-2-11-9(7-10)3-4-12(15-11)5-6-14-8-12;/h1-2,7,14H,3-6,8H2;1H.